The van der Waals surface area contributed by atoms with Crippen molar-refractivity contribution < 1.29 is 10.2 Å². The second kappa shape index (κ2) is 7.44. The van der Waals surface area contributed by atoms with Crippen molar-refractivity contribution in [1.29, 1.82) is 0 Å². The summed E-state index contributed by atoms with van der Waals surface area (Å²) in [7, 11) is 0. The number of hydrogen-bond acceptors (Lipinski definition) is 4. The average molecular weight is 316 g/mol. The minimum atomic E-state index is -0.695. The van der Waals surface area contributed by atoms with Gasteiger partial charge in [0.15, 0.2) is 5.43 Å². The Kier molecular flexibility index (Phi) is 5.58. The second-order valence-electron chi connectivity index (χ2n) is 5.84. The van der Waals surface area contributed by atoms with Crippen LogP contribution in [0.1, 0.15) is 35.4 Å². The summed E-state index contributed by atoms with van der Waals surface area (Å²) < 4.78 is 0. The first-order valence-corrected chi connectivity index (χ1v) is 7.79. The SMILES string of the molecule is CCN(Cc1[nH]cc(C)c(=O)c1C)C[C@@H](O)c1cccc(O)c1. The van der Waals surface area contributed by atoms with Gasteiger partial charge in [0.25, 0.3) is 0 Å². The molecule has 3 N–H and O–H groups in total. The number of H-pyrrole nitrogens is 1. The van der Waals surface area contributed by atoms with Gasteiger partial charge in [-0.2, -0.15) is 0 Å². The van der Waals surface area contributed by atoms with Gasteiger partial charge >= 0.3 is 0 Å². The van der Waals surface area contributed by atoms with Gasteiger partial charge in [-0.15, -0.1) is 0 Å². The molecule has 5 nitrogen and oxygen atoms in total. The molecule has 0 aliphatic rings. The van der Waals surface area contributed by atoms with Crippen LogP contribution in [0.4, 0.5) is 0 Å². The van der Waals surface area contributed by atoms with Crippen LogP contribution in [0.15, 0.2) is 35.3 Å². The molecule has 1 aromatic heterocycles. The molecule has 0 fully saturated rings. The summed E-state index contributed by atoms with van der Waals surface area (Å²) in [5, 5.41) is 19.9. The molecule has 0 saturated heterocycles. The van der Waals surface area contributed by atoms with Gasteiger partial charge in [-0.05, 0) is 38.1 Å². The van der Waals surface area contributed by atoms with Crippen molar-refractivity contribution in [2.24, 2.45) is 0 Å². The highest BCUT2D eigenvalue weighted by molar-refractivity contribution is 5.29. The van der Waals surface area contributed by atoms with Crippen LogP contribution in [0, 0.1) is 13.8 Å². The van der Waals surface area contributed by atoms with Crippen LogP contribution in [0.25, 0.3) is 0 Å². The largest absolute Gasteiger partial charge is 0.508 e. The normalized spacial score (nSPS) is 12.6. The third-order valence-electron chi connectivity index (χ3n) is 4.13. The highest BCUT2D eigenvalue weighted by Gasteiger charge is 2.15. The van der Waals surface area contributed by atoms with E-state index in [0.29, 0.717) is 24.2 Å². The van der Waals surface area contributed by atoms with E-state index in [1.165, 1.54) is 0 Å². The number of benzene rings is 1. The summed E-state index contributed by atoms with van der Waals surface area (Å²) in [6.07, 6.45) is 1.03. The number of aliphatic hydroxyl groups excluding tert-OH is 1. The van der Waals surface area contributed by atoms with Crippen LogP contribution in [0.3, 0.4) is 0 Å². The number of aromatic nitrogens is 1. The number of likely N-dealkylation sites (N-methyl/N-ethyl adjacent to an activating group) is 1. The third-order valence-corrected chi connectivity index (χ3v) is 4.13. The molecule has 2 aromatic rings. The lowest BCUT2D eigenvalue weighted by Crippen LogP contribution is -2.30. The van der Waals surface area contributed by atoms with E-state index in [-0.39, 0.29) is 11.2 Å². The van der Waals surface area contributed by atoms with Crippen molar-refractivity contribution >= 4 is 0 Å². The zero-order chi connectivity index (χ0) is 17.0. The Balaban J connectivity index is 2.12. The monoisotopic (exact) mass is 316 g/mol. The average Bonchev–Trinajstić information content (AvgIpc) is 2.54. The fourth-order valence-corrected chi connectivity index (χ4v) is 2.58. The number of nitrogens with zero attached hydrogens (tertiary/aromatic N) is 1. The van der Waals surface area contributed by atoms with E-state index in [1.54, 1.807) is 37.4 Å². The van der Waals surface area contributed by atoms with Crippen molar-refractivity contribution in [2.45, 2.75) is 33.4 Å². The molecule has 1 heterocycles. The van der Waals surface area contributed by atoms with Crippen LogP contribution in [0.2, 0.25) is 0 Å². The molecule has 1 aromatic carbocycles. The molecule has 1 atom stereocenters. The summed E-state index contributed by atoms with van der Waals surface area (Å²) in [5.74, 6) is 0.142. The third kappa shape index (κ3) is 4.21. The number of aromatic amines is 1. The molecule has 0 amide bonds. The highest BCUT2D eigenvalue weighted by Crippen LogP contribution is 2.19. The predicted molar refractivity (Wildman–Crippen MR) is 90.6 cm³/mol. The number of phenols is 1. The number of rotatable bonds is 6. The van der Waals surface area contributed by atoms with Crippen molar-refractivity contribution in [1.82, 2.24) is 9.88 Å². The molecular weight excluding hydrogens is 292 g/mol. The molecule has 2 rings (SSSR count). The van der Waals surface area contributed by atoms with Gasteiger partial charge in [0.1, 0.15) is 5.75 Å². The predicted octanol–water partition coefficient (Wildman–Crippen LogP) is 2.25. The number of hydrogen-bond donors (Lipinski definition) is 3. The van der Waals surface area contributed by atoms with Gasteiger partial charge in [0.05, 0.1) is 6.10 Å². The van der Waals surface area contributed by atoms with Gasteiger partial charge in [0.2, 0.25) is 0 Å². The Morgan fingerprint density at radius 2 is 2.04 bits per heavy atom. The maximum atomic E-state index is 12.0. The Morgan fingerprint density at radius 1 is 1.30 bits per heavy atom. The zero-order valence-corrected chi connectivity index (χ0v) is 13.8. The Bertz CT molecular complexity index is 724. The molecule has 0 aliphatic carbocycles. The summed E-state index contributed by atoms with van der Waals surface area (Å²) in [4.78, 5) is 17.3. The van der Waals surface area contributed by atoms with E-state index in [4.69, 9.17) is 0 Å². The summed E-state index contributed by atoms with van der Waals surface area (Å²) >= 11 is 0. The van der Waals surface area contributed by atoms with Crippen molar-refractivity contribution in [2.75, 3.05) is 13.1 Å². The topological polar surface area (TPSA) is 76.6 Å². The van der Waals surface area contributed by atoms with Gasteiger partial charge in [0, 0.05) is 36.1 Å². The molecular formula is C18H24N2O3. The maximum absolute atomic E-state index is 12.0. The number of aryl methyl sites for hydroxylation is 1. The van der Waals surface area contributed by atoms with Gasteiger partial charge < -0.3 is 15.2 Å². The van der Waals surface area contributed by atoms with E-state index in [0.717, 1.165) is 17.8 Å². The highest BCUT2D eigenvalue weighted by atomic mass is 16.3. The lowest BCUT2D eigenvalue weighted by atomic mass is 10.1. The minimum absolute atomic E-state index is 0.0586. The smallest absolute Gasteiger partial charge is 0.187 e. The van der Waals surface area contributed by atoms with Crippen molar-refractivity contribution in [3.63, 3.8) is 0 Å². The number of aromatic hydroxyl groups is 1. The van der Waals surface area contributed by atoms with Crippen LogP contribution in [-0.2, 0) is 6.54 Å². The van der Waals surface area contributed by atoms with E-state index in [9.17, 15) is 15.0 Å². The van der Waals surface area contributed by atoms with Gasteiger partial charge in [-0.1, -0.05) is 19.1 Å². The molecule has 0 unspecified atom stereocenters. The van der Waals surface area contributed by atoms with Crippen LogP contribution < -0.4 is 5.43 Å². The molecule has 0 radical (unpaired) electrons. The van der Waals surface area contributed by atoms with Crippen LogP contribution in [0.5, 0.6) is 5.75 Å². The number of phenolic OH excluding ortho intramolecular Hbond substituents is 1. The lowest BCUT2D eigenvalue weighted by Gasteiger charge is -2.24. The maximum Gasteiger partial charge on any atom is 0.187 e. The van der Waals surface area contributed by atoms with E-state index in [2.05, 4.69) is 9.88 Å². The standard InChI is InChI=1S/C18H24N2O3/c1-4-20(10-16-13(3)18(23)12(2)9-19-16)11-17(22)14-6-5-7-15(21)8-14/h5-9,17,21-22H,4,10-11H2,1-3H3,(H,19,23)/t17-/m1/s1. The van der Waals surface area contributed by atoms with Crippen molar-refractivity contribution in [3.8, 4) is 5.75 Å². The Hall–Kier alpha value is -2.11. The van der Waals surface area contributed by atoms with Crippen LogP contribution >= 0.6 is 0 Å². The molecule has 0 bridgehead atoms. The number of aliphatic hydroxyl groups is 1. The molecule has 0 saturated carbocycles. The first kappa shape index (κ1) is 17.2. The number of pyridine rings is 1. The lowest BCUT2D eigenvalue weighted by molar-refractivity contribution is 0.111. The van der Waals surface area contributed by atoms with Crippen molar-refractivity contribution in [3.05, 3.63) is 63.1 Å². The van der Waals surface area contributed by atoms with Gasteiger partial charge in [-0.25, -0.2) is 0 Å². The summed E-state index contributed by atoms with van der Waals surface area (Å²) in [6.45, 7) is 7.35. The minimum Gasteiger partial charge on any atom is -0.508 e. The van der Waals surface area contributed by atoms with E-state index in [1.807, 2.05) is 13.8 Å². The quantitative estimate of drug-likeness (QED) is 0.764. The Morgan fingerprint density at radius 3 is 2.70 bits per heavy atom. The Labute approximate surface area is 136 Å². The second-order valence-corrected chi connectivity index (χ2v) is 5.84. The molecule has 124 valence electrons. The van der Waals surface area contributed by atoms with Gasteiger partial charge in [-0.3, -0.25) is 9.69 Å². The first-order chi connectivity index (χ1) is 10.9. The van der Waals surface area contributed by atoms with E-state index < -0.39 is 6.10 Å². The van der Waals surface area contributed by atoms with Crippen LogP contribution in [-0.4, -0.2) is 33.2 Å². The summed E-state index contributed by atoms with van der Waals surface area (Å²) in [5.41, 5.74) is 3.02. The first-order valence-electron chi connectivity index (χ1n) is 7.79. The molecule has 0 aliphatic heterocycles. The fourth-order valence-electron chi connectivity index (χ4n) is 2.58. The molecule has 23 heavy (non-hydrogen) atoms. The molecule has 0 spiro atoms. The van der Waals surface area contributed by atoms with E-state index >= 15 is 0 Å². The number of nitrogens with one attached hydrogen (secondary N) is 1. The molecule has 5 heteroatoms. The zero-order valence-electron chi connectivity index (χ0n) is 13.8. The summed E-state index contributed by atoms with van der Waals surface area (Å²) in [6, 6.07) is 6.65. The fraction of sp³-hybridized carbons (Fsp3) is 0.389.